The Morgan fingerprint density at radius 3 is 3.00 bits per heavy atom. The maximum Gasteiger partial charge on any atom is 0.334 e. The molecule has 0 amide bonds. The first-order valence-electron chi connectivity index (χ1n) is 6.84. The monoisotopic (exact) mass is 264 g/mol. The zero-order chi connectivity index (χ0) is 13.8. The number of aliphatic hydroxyl groups is 1. The first kappa shape index (κ1) is 12.9. The Balaban J connectivity index is 1.92. The maximum atomic E-state index is 11.7. The second-order valence-corrected chi connectivity index (χ2v) is 6.13. The van der Waals surface area contributed by atoms with Gasteiger partial charge in [0.15, 0.2) is 0 Å². The van der Waals surface area contributed by atoms with Gasteiger partial charge in [-0.25, -0.2) is 4.79 Å². The Bertz CT molecular complexity index is 467. The molecule has 4 nitrogen and oxygen atoms in total. The predicted molar refractivity (Wildman–Crippen MR) is 69.4 cm³/mol. The molecular weight excluding hydrogens is 244 g/mol. The van der Waals surface area contributed by atoms with Gasteiger partial charge < -0.3 is 14.6 Å². The number of epoxide rings is 1. The highest BCUT2D eigenvalue weighted by molar-refractivity contribution is 5.91. The molecule has 0 saturated carbocycles. The molecule has 3 aliphatic rings. The number of hydrogen-bond acceptors (Lipinski definition) is 4. The van der Waals surface area contributed by atoms with Crippen LogP contribution in [0.3, 0.4) is 0 Å². The number of hydrogen-bond donors (Lipinski definition) is 1. The minimum Gasteiger partial charge on any atom is -0.458 e. The fourth-order valence-corrected chi connectivity index (χ4v) is 3.32. The lowest BCUT2D eigenvalue weighted by Gasteiger charge is -2.24. The highest BCUT2D eigenvalue weighted by Gasteiger charge is 2.60. The Morgan fingerprint density at radius 2 is 2.26 bits per heavy atom. The summed E-state index contributed by atoms with van der Waals surface area (Å²) in [6, 6.07) is 0. The van der Waals surface area contributed by atoms with E-state index in [2.05, 4.69) is 12.7 Å². The molecule has 0 aromatic rings. The lowest BCUT2D eigenvalue weighted by molar-refractivity contribution is -0.139. The average Bonchev–Trinajstić information content (AvgIpc) is 2.92. The van der Waals surface area contributed by atoms with Gasteiger partial charge in [0, 0.05) is 12.0 Å². The lowest BCUT2D eigenvalue weighted by Crippen LogP contribution is -2.36. The number of aliphatic hydroxyl groups excluding tert-OH is 1. The van der Waals surface area contributed by atoms with Gasteiger partial charge in [-0.05, 0) is 26.7 Å². The molecule has 104 valence electrons. The van der Waals surface area contributed by atoms with Crippen LogP contribution in [-0.4, -0.2) is 35.0 Å². The highest BCUT2D eigenvalue weighted by Crippen LogP contribution is 2.48. The molecule has 4 heteroatoms. The van der Waals surface area contributed by atoms with Gasteiger partial charge in [-0.3, -0.25) is 0 Å². The molecule has 1 N–H and O–H groups in total. The lowest BCUT2D eigenvalue weighted by atomic mass is 9.82. The molecule has 0 aromatic carbocycles. The number of esters is 1. The van der Waals surface area contributed by atoms with Gasteiger partial charge in [-0.15, -0.1) is 0 Å². The Labute approximate surface area is 113 Å². The van der Waals surface area contributed by atoms with Crippen LogP contribution < -0.4 is 0 Å². The molecule has 19 heavy (non-hydrogen) atoms. The standard InChI is InChI=1S/C15H20O4/c1-8-5-4-6-15(3)13(19-15)12(16)11-9(2)14(17)18-10(11)7-8/h5,10-13,16H,2,4,6-7H2,1,3H3/b8-5-/t10-,11-,12+,13-,15-/m1/s1. The van der Waals surface area contributed by atoms with Crippen LogP contribution in [0.15, 0.2) is 23.8 Å². The number of carbonyl (C=O) groups is 1. The van der Waals surface area contributed by atoms with Crippen molar-refractivity contribution in [3.8, 4) is 0 Å². The van der Waals surface area contributed by atoms with Crippen LogP contribution in [0.4, 0.5) is 0 Å². The third kappa shape index (κ3) is 2.03. The highest BCUT2D eigenvalue weighted by atomic mass is 16.6. The van der Waals surface area contributed by atoms with Crippen molar-refractivity contribution in [1.82, 2.24) is 0 Å². The molecule has 2 saturated heterocycles. The third-order valence-electron chi connectivity index (χ3n) is 4.60. The molecule has 5 atom stereocenters. The average molecular weight is 264 g/mol. The minimum atomic E-state index is -0.708. The molecule has 0 bridgehead atoms. The summed E-state index contributed by atoms with van der Waals surface area (Å²) in [7, 11) is 0. The van der Waals surface area contributed by atoms with Gasteiger partial charge in [-0.1, -0.05) is 18.2 Å². The predicted octanol–water partition coefficient (Wildman–Crippen LogP) is 1.73. The SMILES string of the molecule is C=C1C(=O)O[C@@H]2C/C(C)=C\CC[C@@]3(C)O[C@@H]3[C@@H](O)[C@H]12. The summed E-state index contributed by atoms with van der Waals surface area (Å²) >= 11 is 0. The number of rotatable bonds is 0. The number of allylic oxidation sites excluding steroid dienone is 1. The summed E-state index contributed by atoms with van der Waals surface area (Å²) in [5.74, 6) is -0.732. The van der Waals surface area contributed by atoms with Gasteiger partial charge in [0.1, 0.15) is 12.2 Å². The van der Waals surface area contributed by atoms with Crippen LogP contribution in [0.2, 0.25) is 0 Å². The van der Waals surface area contributed by atoms with Crippen molar-refractivity contribution in [2.24, 2.45) is 5.92 Å². The van der Waals surface area contributed by atoms with Gasteiger partial charge >= 0.3 is 5.97 Å². The fraction of sp³-hybridized carbons (Fsp3) is 0.667. The van der Waals surface area contributed by atoms with E-state index < -0.39 is 6.10 Å². The second kappa shape index (κ2) is 4.18. The second-order valence-electron chi connectivity index (χ2n) is 6.13. The van der Waals surface area contributed by atoms with E-state index >= 15 is 0 Å². The van der Waals surface area contributed by atoms with Crippen LogP contribution >= 0.6 is 0 Å². The zero-order valence-corrected chi connectivity index (χ0v) is 11.4. The molecule has 2 fully saturated rings. The first-order chi connectivity index (χ1) is 8.92. The summed E-state index contributed by atoms with van der Waals surface area (Å²) in [6.07, 6.45) is 3.43. The molecule has 0 aromatic heterocycles. The molecule has 1 aliphatic carbocycles. The summed E-state index contributed by atoms with van der Waals surface area (Å²) in [6.45, 7) is 7.84. The first-order valence-corrected chi connectivity index (χ1v) is 6.84. The topological polar surface area (TPSA) is 59.1 Å². The smallest absolute Gasteiger partial charge is 0.334 e. The van der Waals surface area contributed by atoms with Gasteiger partial charge in [0.25, 0.3) is 0 Å². The van der Waals surface area contributed by atoms with Gasteiger partial charge in [0.2, 0.25) is 0 Å². The number of fused-ring (bicyclic) bond motifs is 2. The Morgan fingerprint density at radius 1 is 1.53 bits per heavy atom. The van der Waals surface area contributed by atoms with Crippen LogP contribution in [-0.2, 0) is 14.3 Å². The largest absolute Gasteiger partial charge is 0.458 e. The number of carbonyl (C=O) groups excluding carboxylic acids is 1. The normalized spacial score (nSPS) is 48.7. The van der Waals surface area contributed by atoms with Crippen molar-refractivity contribution >= 4 is 5.97 Å². The molecule has 2 heterocycles. The van der Waals surface area contributed by atoms with E-state index in [-0.39, 0.29) is 29.7 Å². The zero-order valence-electron chi connectivity index (χ0n) is 11.4. The van der Waals surface area contributed by atoms with Crippen molar-refractivity contribution in [1.29, 1.82) is 0 Å². The third-order valence-corrected chi connectivity index (χ3v) is 4.60. The summed E-state index contributed by atoms with van der Waals surface area (Å²) in [4.78, 5) is 11.7. The minimum absolute atomic E-state index is 0.210. The number of ether oxygens (including phenoxy) is 2. The molecule has 0 radical (unpaired) electrons. The fourth-order valence-electron chi connectivity index (χ4n) is 3.32. The van der Waals surface area contributed by atoms with Gasteiger partial charge in [-0.2, -0.15) is 0 Å². The van der Waals surface area contributed by atoms with E-state index in [1.54, 1.807) is 0 Å². The quantitative estimate of drug-likeness (QED) is 0.313. The summed E-state index contributed by atoms with van der Waals surface area (Å²) in [5.41, 5.74) is 1.29. The summed E-state index contributed by atoms with van der Waals surface area (Å²) in [5, 5.41) is 10.5. The van der Waals surface area contributed by atoms with E-state index in [4.69, 9.17) is 9.47 Å². The van der Waals surface area contributed by atoms with Crippen molar-refractivity contribution in [3.05, 3.63) is 23.8 Å². The molecule has 0 spiro atoms. The van der Waals surface area contributed by atoms with Crippen LogP contribution in [0.25, 0.3) is 0 Å². The van der Waals surface area contributed by atoms with E-state index in [0.29, 0.717) is 12.0 Å². The maximum absolute atomic E-state index is 11.7. The molecule has 3 rings (SSSR count). The summed E-state index contributed by atoms with van der Waals surface area (Å²) < 4.78 is 11.0. The van der Waals surface area contributed by atoms with Crippen molar-refractivity contribution in [2.45, 2.75) is 57.0 Å². The Kier molecular flexibility index (Phi) is 2.84. The molecule has 2 aliphatic heterocycles. The molecule has 0 unspecified atom stereocenters. The van der Waals surface area contributed by atoms with E-state index in [9.17, 15) is 9.90 Å². The van der Waals surface area contributed by atoms with E-state index in [0.717, 1.165) is 12.8 Å². The molecular formula is C15H20O4. The van der Waals surface area contributed by atoms with Gasteiger partial charge in [0.05, 0.1) is 17.6 Å². The Hall–Kier alpha value is -1.13. The van der Waals surface area contributed by atoms with E-state index in [1.165, 1.54) is 5.57 Å². The van der Waals surface area contributed by atoms with E-state index in [1.807, 2.05) is 13.8 Å². The van der Waals surface area contributed by atoms with Crippen molar-refractivity contribution < 1.29 is 19.4 Å². The van der Waals surface area contributed by atoms with Crippen molar-refractivity contribution in [3.63, 3.8) is 0 Å². The van der Waals surface area contributed by atoms with Crippen molar-refractivity contribution in [2.75, 3.05) is 0 Å². The van der Waals surface area contributed by atoms with Crippen LogP contribution in [0.5, 0.6) is 0 Å². The van der Waals surface area contributed by atoms with Crippen LogP contribution in [0, 0.1) is 5.92 Å². The van der Waals surface area contributed by atoms with Crippen LogP contribution in [0.1, 0.15) is 33.1 Å².